The highest BCUT2D eigenvalue weighted by Gasteiger charge is 2.44. The molecule has 0 amide bonds. The summed E-state index contributed by atoms with van der Waals surface area (Å²) in [5.74, 6) is 0.621. The monoisotopic (exact) mass is 348 g/mol. The van der Waals surface area contributed by atoms with Crippen molar-refractivity contribution in [1.82, 2.24) is 14.5 Å². The molecule has 0 aliphatic carbocycles. The highest BCUT2D eigenvalue weighted by molar-refractivity contribution is 7.99. The number of rotatable bonds is 5. The molecule has 0 radical (unpaired) electrons. The van der Waals surface area contributed by atoms with Crippen LogP contribution in [0.25, 0.3) is 11.0 Å². The minimum atomic E-state index is -1.25. The van der Waals surface area contributed by atoms with Crippen LogP contribution in [0, 0.1) is 11.3 Å². The Morgan fingerprint density at radius 3 is 2.83 bits per heavy atom. The minimum absolute atomic E-state index is 0.343. The summed E-state index contributed by atoms with van der Waals surface area (Å²) in [5.41, 5.74) is 0.762. The molecule has 4 unspecified atom stereocenters. The van der Waals surface area contributed by atoms with Gasteiger partial charge in [-0.05, 0) is 0 Å². The van der Waals surface area contributed by atoms with Crippen molar-refractivity contribution in [2.45, 2.75) is 29.6 Å². The van der Waals surface area contributed by atoms with Crippen LogP contribution in [0.4, 0.5) is 0 Å². The smallest absolute Gasteiger partial charge is 0.164 e. The van der Waals surface area contributed by atoms with Gasteiger partial charge in [0.2, 0.25) is 0 Å². The number of aliphatic hydroxyl groups is 3. The molecular formula is C15H16N4O4S. The molecule has 8 nitrogen and oxygen atoms in total. The lowest BCUT2D eigenvalue weighted by molar-refractivity contribution is -0.0508. The Labute approximate surface area is 142 Å². The summed E-state index contributed by atoms with van der Waals surface area (Å²) < 4.78 is 7.03. The van der Waals surface area contributed by atoms with Crippen molar-refractivity contribution in [3.63, 3.8) is 0 Å². The van der Waals surface area contributed by atoms with Crippen LogP contribution in [0.2, 0.25) is 0 Å². The number of fused-ring (bicyclic) bond motifs is 1. The van der Waals surface area contributed by atoms with E-state index in [1.807, 2.05) is 0 Å². The van der Waals surface area contributed by atoms with Crippen LogP contribution < -0.4 is 0 Å². The van der Waals surface area contributed by atoms with Crippen LogP contribution in [0.15, 0.2) is 30.2 Å². The average Bonchev–Trinajstić information content (AvgIpc) is 3.11. The van der Waals surface area contributed by atoms with E-state index in [2.05, 4.69) is 22.6 Å². The predicted molar refractivity (Wildman–Crippen MR) is 86.2 cm³/mol. The fourth-order valence-electron chi connectivity index (χ4n) is 2.69. The summed E-state index contributed by atoms with van der Waals surface area (Å²) in [7, 11) is 0. The molecule has 1 saturated heterocycles. The van der Waals surface area contributed by atoms with Gasteiger partial charge in [-0.25, -0.2) is 9.97 Å². The molecule has 1 aliphatic heterocycles. The summed E-state index contributed by atoms with van der Waals surface area (Å²) in [4.78, 5) is 8.40. The summed E-state index contributed by atoms with van der Waals surface area (Å²) in [5, 5.41) is 40.0. The van der Waals surface area contributed by atoms with Crippen molar-refractivity contribution in [2.24, 2.45) is 0 Å². The number of hydrogen-bond acceptors (Lipinski definition) is 8. The first-order valence-electron chi connectivity index (χ1n) is 7.24. The molecule has 126 valence electrons. The number of hydrogen-bond donors (Lipinski definition) is 3. The van der Waals surface area contributed by atoms with Gasteiger partial charge < -0.3 is 24.6 Å². The Morgan fingerprint density at radius 1 is 1.42 bits per heavy atom. The second-order valence-corrected chi connectivity index (χ2v) is 6.28. The van der Waals surface area contributed by atoms with E-state index in [0.717, 1.165) is 0 Å². The van der Waals surface area contributed by atoms with Crippen molar-refractivity contribution in [2.75, 3.05) is 12.4 Å². The molecule has 1 fully saturated rings. The molecule has 24 heavy (non-hydrogen) atoms. The molecule has 0 saturated carbocycles. The highest BCUT2D eigenvalue weighted by Crippen LogP contribution is 2.35. The van der Waals surface area contributed by atoms with Crippen LogP contribution >= 0.6 is 11.8 Å². The number of ether oxygens (including phenoxy) is 1. The molecule has 3 N–H and O–H groups in total. The molecule has 0 spiro atoms. The van der Waals surface area contributed by atoms with Gasteiger partial charge in [0.05, 0.1) is 17.6 Å². The van der Waals surface area contributed by atoms with Gasteiger partial charge in [-0.15, -0.1) is 18.3 Å². The Hall–Kier alpha value is -1.96. The first-order chi connectivity index (χ1) is 11.6. The minimum Gasteiger partial charge on any atom is -0.394 e. The summed E-state index contributed by atoms with van der Waals surface area (Å²) in [6, 6.07) is 2.09. The van der Waals surface area contributed by atoms with Crippen LogP contribution in [-0.4, -0.2) is 60.5 Å². The van der Waals surface area contributed by atoms with Crippen molar-refractivity contribution < 1.29 is 20.1 Å². The maximum atomic E-state index is 10.2. The zero-order chi connectivity index (χ0) is 17.3. The SMILES string of the molecule is C=CCSc1ncnc2c1c(C#N)cn2C1OC(CO)C(O)C1O. The van der Waals surface area contributed by atoms with Crippen molar-refractivity contribution >= 4 is 22.8 Å². The van der Waals surface area contributed by atoms with E-state index in [1.165, 1.54) is 28.9 Å². The molecular weight excluding hydrogens is 332 g/mol. The lowest BCUT2D eigenvalue weighted by Crippen LogP contribution is -2.33. The normalized spacial score (nSPS) is 26.6. The van der Waals surface area contributed by atoms with Gasteiger partial charge in [0.1, 0.15) is 41.4 Å². The molecule has 4 atom stereocenters. The first-order valence-corrected chi connectivity index (χ1v) is 8.22. The standard InChI is InChI=1S/C15H16N4O4S/c1-2-3-24-14-10-8(4-16)5-19(13(10)17-7-18-14)15-12(22)11(21)9(6-20)23-15/h2,5,7,9,11-12,15,20-22H,1,3,6H2. The van der Waals surface area contributed by atoms with E-state index >= 15 is 0 Å². The van der Waals surface area contributed by atoms with Crippen molar-refractivity contribution in [3.05, 3.63) is 30.7 Å². The van der Waals surface area contributed by atoms with E-state index in [0.29, 0.717) is 27.4 Å². The van der Waals surface area contributed by atoms with Crippen molar-refractivity contribution in [1.29, 1.82) is 5.26 Å². The van der Waals surface area contributed by atoms with Gasteiger partial charge in [-0.2, -0.15) is 5.26 Å². The molecule has 2 aromatic heterocycles. The number of nitrogens with zero attached hydrogens (tertiary/aromatic N) is 4. The Kier molecular flexibility index (Phi) is 4.84. The van der Waals surface area contributed by atoms with E-state index < -0.39 is 31.1 Å². The molecule has 1 aliphatic rings. The third-order valence-electron chi connectivity index (χ3n) is 3.82. The first kappa shape index (κ1) is 16.9. The fraction of sp³-hybridized carbons (Fsp3) is 0.400. The topological polar surface area (TPSA) is 124 Å². The highest BCUT2D eigenvalue weighted by atomic mass is 32.2. The Morgan fingerprint density at radius 2 is 2.21 bits per heavy atom. The predicted octanol–water partition coefficient (Wildman–Crippen LogP) is 0.193. The van der Waals surface area contributed by atoms with Gasteiger partial charge in [-0.3, -0.25) is 0 Å². The van der Waals surface area contributed by atoms with Gasteiger partial charge in [0.15, 0.2) is 6.23 Å². The number of aromatic nitrogens is 3. The van der Waals surface area contributed by atoms with E-state index in [4.69, 9.17) is 4.74 Å². The summed E-state index contributed by atoms with van der Waals surface area (Å²) in [6.07, 6.45) is 0.291. The maximum absolute atomic E-state index is 10.2. The Balaban J connectivity index is 2.10. The number of thioether (sulfide) groups is 1. The maximum Gasteiger partial charge on any atom is 0.164 e. The van der Waals surface area contributed by atoms with Crippen LogP contribution in [0.5, 0.6) is 0 Å². The third-order valence-corrected chi connectivity index (χ3v) is 4.81. The van der Waals surface area contributed by atoms with Crippen LogP contribution in [-0.2, 0) is 4.74 Å². The largest absolute Gasteiger partial charge is 0.394 e. The molecule has 3 heterocycles. The third kappa shape index (κ3) is 2.68. The van der Waals surface area contributed by atoms with E-state index in [-0.39, 0.29) is 0 Å². The van der Waals surface area contributed by atoms with Crippen LogP contribution in [0.1, 0.15) is 11.8 Å². The quantitative estimate of drug-likeness (QED) is 0.397. The van der Waals surface area contributed by atoms with Gasteiger partial charge in [0.25, 0.3) is 0 Å². The molecule has 9 heteroatoms. The average molecular weight is 348 g/mol. The molecule has 0 bridgehead atoms. The molecule has 3 rings (SSSR count). The zero-order valence-corrected chi connectivity index (χ0v) is 13.4. The fourth-order valence-corrected chi connectivity index (χ4v) is 3.44. The summed E-state index contributed by atoms with van der Waals surface area (Å²) >= 11 is 1.42. The van der Waals surface area contributed by atoms with Gasteiger partial charge in [-0.1, -0.05) is 6.08 Å². The van der Waals surface area contributed by atoms with E-state index in [9.17, 15) is 20.6 Å². The summed E-state index contributed by atoms with van der Waals surface area (Å²) in [6.45, 7) is 3.24. The lowest BCUT2D eigenvalue weighted by atomic mass is 10.1. The van der Waals surface area contributed by atoms with E-state index in [1.54, 1.807) is 6.08 Å². The Bertz CT molecular complexity index is 803. The number of nitriles is 1. The second kappa shape index (κ2) is 6.88. The lowest BCUT2D eigenvalue weighted by Gasteiger charge is -2.17. The van der Waals surface area contributed by atoms with Gasteiger partial charge >= 0.3 is 0 Å². The zero-order valence-electron chi connectivity index (χ0n) is 12.6. The van der Waals surface area contributed by atoms with Gasteiger partial charge in [0, 0.05) is 11.9 Å². The number of aliphatic hydroxyl groups excluding tert-OH is 3. The molecule has 2 aromatic rings. The molecule has 0 aromatic carbocycles. The van der Waals surface area contributed by atoms with Crippen LogP contribution in [0.3, 0.4) is 0 Å². The van der Waals surface area contributed by atoms with Crippen molar-refractivity contribution in [3.8, 4) is 6.07 Å². The second-order valence-electron chi connectivity index (χ2n) is 5.27.